The Balaban J connectivity index is 2.40. The van der Waals surface area contributed by atoms with Crippen molar-refractivity contribution < 1.29 is 0 Å². The Morgan fingerprint density at radius 1 is 2.00 bits per heavy atom. The molecule has 0 saturated carbocycles. The van der Waals surface area contributed by atoms with Crippen LogP contribution < -0.4 is 0 Å². The highest BCUT2D eigenvalue weighted by molar-refractivity contribution is 8.54. The van der Waals surface area contributed by atoms with Gasteiger partial charge in [-0.1, -0.05) is 26.8 Å². The molecule has 5 heavy (non-hydrogen) atoms. The van der Waals surface area contributed by atoms with Crippen molar-refractivity contribution in [3.8, 4) is 0 Å². The fourth-order valence-electron chi connectivity index (χ4n) is 0.0645. The molecular formula is C2H6P2S. The average molecular weight is 124 g/mol. The molecule has 3 heteroatoms. The third-order valence-corrected chi connectivity index (χ3v) is 2.90. The number of hydrogen-bond acceptors (Lipinski definition) is 1. The van der Waals surface area contributed by atoms with Crippen molar-refractivity contribution in [2.45, 2.75) is 6.92 Å². The van der Waals surface area contributed by atoms with E-state index >= 15 is 0 Å². The topological polar surface area (TPSA) is 0 Å². The molecule has 0 radical (unpaired) electrons. The molecule has 0 fully saturated rings. The maximum absolute atomic E-state index is 3.29. The molecule has 0 aromatic heterocycles. The van der Waals surface area contributed by atoms with E-state index in [4.69, 9.17) is 0 Å². The fourth-order valence-corrected chi connectivity index (χ4v) is 1.74. The van der Waals surface area contributed by atoms with Gasteiger partial charge in [-0.25, -0.2) is 0 Å². The predicted molar refractivity (Wildman–Crippen MR) is 33.4 cm³/mol. The normalized spacial score (nSPS) is 9.00. The summed E-state index contributed by atoms with van der Waals surface area (Å²) in [5.74, 6) is 1.20. The Hall–Kier alpha value is 0.950. The van der Waals surface area contributed by atoms with Crippen molar-refractivity contribution in [2.75, 3.05) is 5.75 Å². The van der Waals surface area contributed by atoms with Crippen molar-refractivity contribution in [1.29, 1.82) is 0 Å². The largest absolute Gasteiger partial charge is 0.0982 e. The zero-order chi connectivity index (χ0) is 4.12. The van der Waals surface area contributed by atoms with Gasteiger partial charge < -0.3 is 0 Å². The molecule has 0 aliphatic heterocycles. The first kappa shape index (κ1) is 5.95. The van der Waals surface area contributed by atoms with Crippen molar-refractivity contribution in [3.63, 3.8) is 0 Å². The van der Waals surface area contributed by atoms with Crippen molar-refractivity contribution in [3.05, 3.63) is 0 Å². The molecule has 30 valence electrons. The molecular weight excluding hydrogens is 118 g/mol. The van der Waals surface area contributed by atoms with E-state index in [-0.39, 0.29) is 0 Å². The molecule has 0 aromatic rings. The van der Waals surface area contributed by atoms with Gasteiger partial charge in [-0.2, -0.15) is 0 Å². The molecule has 0 aliphatic carbocycles. The van der Waals surface area contributed by atoms with Crippen LogP contribution in [0.3, 0.4) is 0 Å². The first-order chi connectivity index (χ1) is 2.41. The minimum Gasteiger partial charge on any atom is -0.0982 e. The molecule has 0 N–H and O–H groups in total. The fraction of sp³-hybridized carbons (Fsp3) is 1.00. The van der Waals surface area contributed by atoms with E-state index in [1.165, 1.54) is 12.8 Å². The monoisotopic (exact) mass is 124 g/mol. The van der Waals surface area contributed by atoms with Crippen molar-refractivity contribution in [1.82, 2.24) is 0 Å². The molecule has 0 atom stereocenters. The molecule has 0 nitrogen and oxygen atoms in total. The first-order valence-corrected chi connectivity index (χ1v) is 5.23. The van der Waals surface area contributed by atoms with Crippen LogP contribution in [0.15, 0.2) is 0 Å². The Labute approximate surface area is 40.3 Å². The highest BCUT2D eigenvalue weighted by Gasteiger charge is 1.62. The van der Waals surface area contributed by atoms with E-state index in [0.717, 1.165) is 0 Å². The van der Waals surface area contributed by atoms with Gasteiger partial charge in [0.25, 0.3) is 0 Å². The van der Waals surface area contributed by atoms with Gasteiger partial charge in [0, 0.05) is 0 Å². The Morgan fingerprint density at radius 3 is 2.60 bits per heavy atom. The van der Waals surface area contributed by atoms with Crippen LogP contribution in [0.2, 0.25) is 0 Å². The van der Waals surface area contributed by atoms with E-state index in [0.29, 0.717) is 0 Å². The SMILES string of the molecule is CCSP=P. The minimum atomic E-state index is 1.20. The summed E-state index contributed by atoms with van der Waals surface area (Å²) >= 11 is 1.85. The second-order valence-corrected chi connectivity index (χ2v) is 4.49. The Morgan fingerprint density at radius 2 is 2.60 bits per heavy atom. The van der Waals surface area contributed by atoms with Gasteiger partial charge >= 0.3 is 0 Å². The standard InChI is InChI=1S/C2H6P2S/c1-2-5-4-3/h3H,2H2,1H3. The summed E-state index contributed by atoms with van der Waals surface area (Å²) in [7, 11) is 4.54. The summed E-state index contributed by atoms with van der Waals surface area (Å²) in [6, 6.07) is 0. The summed E-state index contributed by atoms with van der Waals surface area (Å²) in [5, 5.41) is 0. The minimum absolute atomic E-state index is 1.20. The predicted octanol–water partition coefficient (Wildman–Crippen LogP) is 2.66. The van der Waals surface area contributed by atoms with Gasteiger partial charge in [-0.05, 0) is 12.8 Å². The van der Waals surface area contributed by atoms with E-state index < -0.39 is 0 Å². The summed E-state index contributed by atoms with van der Waals surface area (Å²) in [4.78, 5) is 0. The first-order valence-electron chi connectivity index (χ1n) is 1.40. The molecule has 0 aliphatic rings. The van der Waals surface area contributed by atoms with Crippen molar-refractivity contribution >= 4 is 27.0 Å². The Bertz CT molecular complexity index is 28.8. The molecule has 0 amide bonds. The zero-order valence-corrected chi connectivity index (χ0v) is 5.77. The van der Waals surface area contributed by atoms with Gasteiger partial charge in [0.2, 0.25) is 0 Å². The molecule has 0 rings (SSSR count). The van der Waals surface area contributed by atoms with Gasteiger partial charge in [0.1, 0.15) is 0 Å². The quantitative estimate of drug-likeness (QED) is 0.510. The van der Waals surface area contributed by atoms with Crippen LogP contribution in [0.1, 0.15) is 6.92 Å². The summed E-state index contributed by atoms with van der Waals surface area (Å²) in [6.45, 7) is 2.14. The molecule has 0 aromatic carbocycles. The van der Waals surface area contributed by atoms with Crippen LogP contribution in [-0.4, -0.2) is 5.75 Å². The van der Waals surface area contributed by atoms with Gasteiger partial charge in [0.15, 0.2) is 0 Å². The van der Waals surface area contributed by atoms with Crippen molar-refractivity contribution in [2.24, 2.45) is 0 Å². The maximum Gasteiger partial charge on any atom is -0.000690 e. The number of rotatable bonds is 2. The van der Waals surface area contributed by atoms with Gasteiger partial charge in [-0.3, -0.25) is 0 Å². The van der Waals surface area contributed by atoms with E-state index in [1.807, 2.05) is 11.4 Å². The summed E-state index contributed by atoms with van der Waals surface area (Å²) < 4.78 is 0. The Kier molecular flexibility index (Phi) is 5.89. The summed E-state index contributed by atoms with van der Waals surface area (Å²) in [5.41, 5.74) is 0. The lowest BCUT2D eigenvalue weighted by Crippen LogP contribution is -1.45. The average Bonchev–Trinajstić information content (AvgIpc) is 1.41. The third kappa shape index (κ3) is 4.95. The molecule has 0 unspecified atom stereocenters. The van der Waals surface area contributed by atoms with Gasteiger partial charge in [0.05, 0.1) is 0 Å². The van der Waals surface area contributed by atoms with E-state index in [2.05, 4.69) is 15.5 Å². The highest BCUT2D eigenvalue weighted by atomic mass is 32.8. The van der Waals surface area contributed by atoms with Gasteiger partial charge in [-0.15, -0.1) is 0 Å². The second-order valence-electron chi connectivity index (χ2n) is 0.509. The lowest BCUT2D eigenvalue weighted by Gasteiger charge is -1.71. The highest BCUT2D eigenvalue weighted by Crippen LogP contribution is 2.20. The van der Waals surface area contributed by atoms with E-state index in [9.17, 15) is 0 Å². The van der Waals surface area contributed by atoms with Crippen LogP contribution in [-0.2, 0) is 0 Å². The van der Waals surface area contributed by atoms with E-state index in [1.54, 1.807) is 0 Å². The lowest BCUT2D eigenvalue weighted by atomic mass is 11.0. The van der Waals surface area contributed by atoms with Crippen LogP contribution >= 0.6 is 27.0 Å². The zero-order valence-electron chi connectivity index (χ0n) is 3.06. The molecule has 0 bridgehead atoms. The van der Waals surface area contributed by atoms with Crippen LogP contribution in [0.4, 0.5) is 0 Å². The summed E-state index contributed by atoms with van der Waals surface area (Å²) in [6.07, 6.45) is 0. The van der Waals surface area contributed by atoms with Crippen LogP contribution in [0.5, 0.6) is 0 Å². The van der Waals surface area contributed by atoms with Crippen LogP contribution in [0.25, 0.3) is 0 Å². The lowest BCUT2D eigenvalue weighted by molar-refractivity contribution is 1.54. The van der Waals surface area contributed by atoms with Crippen LogP contribution in [0, 0.1) is 0 Å². The third-order valence-electron chi connectivity index (χ3n) is 0.194. The second kappa shape index (κ2) is 4.95. The molecule has 0 heterocycles. The number of hydrogen-bond donors (Lipinski definition) is 0. The smallest absolute Gasteiger partial charge is 0.000690 e. The molecule has 0 saturated heterocycles. The maximum atomic E-state index is 3.29. The molecule has 0 spiro atoms.